The first kappa shape index (κ1) is 24.3. The van der Waals surface area contributed by atoms with E-state index in [2.05, 4.69) is 15.8 Å². The standard InChI is InChI=1S/C24H20ClN3O6/c1-32-18-7-4-6-16(12-18)24(31)34-19-8-3-5-15(11-19)14-26-28-23(30)22(29)27-20-13-17(25)9-10-21(20)33-2/h3-14H,1-2H3,(H,27,29)(H,28,30). The van der Waals surface area contributed by atoms with Crippen LogP contribution in [0.2, 0.25) is 5.02 Å². The van der Waals surface area contributed by atoms with Gasteiger partial charge in [-0.05, 0) is 54.1 Å². The molecule has 0 bridgehead atoms. The Hall–Kier alpha value is -4.37. The molecule has 3 rings (SSSR count). The summed E-state index contributed by atoms with van der Waals surface area (Å²) in [5, 5.41) is 6.53. The van der Waals surface area contributed by atoms with Crippen LogP contribution < -0.4 is 25.0 Å². The van der Waals surface area contributed by atoms with Crippen LogP contribution in [0.15, 0.2) is 71.8 Å². The molecule has 34 heavy (non-hydrogen) atoms. The number of hydrogen-bond donors (Lipinski definition) is 2. The lowest BCUT2D eigenvalue weighted by atomic mass is 10.2. The van der Waals surface area contributed by atoms with Gasteiger partial charge in [-0.25, -0.2) is 10.2 Å². The van der Waals surface area contributed by atoms with Crippen LogP contribution in [0.4, 0.5) is 5.69 Å². The Labute approximate surface area is 200 Å². The molecule has 0 unspecified atom stereocenters. The number of hydrogen-bond acceptors (Lipinski definition) is 7. The van der Waals surface area contributed by atoms with Crippen LogP contribution in [-0.2, 0) is 9.59 Å². The van der Waals surface area contributed by atoms with Crippen LogP contribution in [0.5, 0.6) is 17.2 Å². The number of amides is 2. The maximum atomic E-state index is 12.4. The fourth-order valence-corrected chi connectivity index (χ4v) is 2.92. The number of halogens is 1. The van der Waals surface area contributed by atoms with Crippen molar-refractivity contribution in [3.8, 4) is 17.2 Å². The van der Waals surface area contributed by atoms with Gasteiger partial charge < -0.3 is 19.5 Å². The van der Waals surface area contributed by atoms with Gasteiger partial charge >= 0.3 is 17.8 Å². The lowest BCUT2D eigenvalue weighted by molar-refractivity contribution is -0.136. The molecule has 3 aromatic carbocycles. The highest BCUT2D eigenvalue weighted by molar-refractivity contribution is 6.40. The minimum atomic E-state index is -1.00. The number of benzene rings is 3. The molecule has 0 spiro atoms. The zero-order valence-corrected chi connectivity index (χ0v) is 19.0. The molecule has 2 amide bonds. The molecule has 0 radical (unpaired) electrons. The van der Waals surface area contributed by atoms with E-state index in [1.165, 1.54) is 26.5 Å². The Morgan fingerprint density at radius 3 is 2.41 bits per heavy atom. The summed E-state index contributed by atoms with van der Waals surface area (Å²) in [7, 11) is 2.93. The molecule has 0 aliphatic carbocycles. The number of ether oxygens (including phenoxy) is 3. The van der Waals surface area contributed by atoms with Gasteiger partial charge in [-0.15, -0.1) is 0 Å². The van der Waals surface area contributed by atoms with Crippen molar-refractivity contribution in [3.05, 3.63) is 82.9 Å². The van der Waals surface area contributed by atoms with E-state index in [-0.39, 0.29) is 11.4 Å². The van der Waals surface area contributed by atoms with Gasteiger partial charge in [0.05, 0.1) is 31.7 Å². The van der Waals surface area contributed by atoms with E-state index >= 15 is 0 Å². The summed E-state index contributed by atoms with van der Waals surface area (Å²) >= 11 is 5.91. The van der Waals surface area contributed by atoms with Crippen molar-refractivity contribution in [3.63, 3.8) is 0 Å². The number of hydrazone groups is 1. The van der Waals surface area contributed by atoms with Crippen LogP contribution in [-0.4, -0.2) is 38.2 Å². The third-order valence-corrected chi connectivity index (χ3v) is 4.60. The fraction of sp³-hybridized carbons (Fsp3) is 0.0833. The Bertz CT molecular complexity index is 1240. The minimum absolute atomic E-state index is 0.240. The van der Waals surface area contributed by atoms with Gasteiger partial charge in [0.1, 0.15) is 17.2 Å². The third kappa shape index (κ3) is 6.57. The van der Waals surface area contributed by atoms with E-state index in [1.54, 1.807) is 60.7 Å². The van der Waals surface area contributed by atoms with E-state index in [0.717, 1.165) is 0 Å². The Kier molecular flexibility index (Phi) is 8.20. The minimum Gasteiger partial charge on any atom is -0.497 e. The molecule has 0 aromatic heterocycles. The number of methoxy groups -OCH3 is 2. The van der Waals surface area contributed by atoms with Gasteiger partial charge in [0, 0.05) is 5.02 Å². The van der Waals surface area contributed by atoms with Gasteiger partial charge in [0.2, 0.25) is 0 Å². The molecule has 3 aromatic rings. The van der Waals surface area contributed by atoms with E-state index in [4.69, 9.17) is 25.8 Å². The second kappa shape index (κ2) is 11.5. The van der Waals surface area contributed by atoms with Gasteiger partial charge in [0.15, 0.2) is 0 Å². The molecule has 0 aliphatic rings. The monoisotopic (exact) mass is 481 g/mol. The molecule has 174 valence electrons. The number of carbonyl (C=O) groups excluding carboxylic acids is 3. The van der Waals surface area contributed by atoms with E-state index in [9.17, 15) is 14.4 Å². The Morgan fingerprint density at radius 1 is 0.882 bits per heavy atom. The molecule has 0 saturated heterocycles. The molecular weight excluding hydrogens is 462 g/mol. The summed E-state index contributed by atoms with van der Waals surface area (Å²) in [6, 6.07) is 17.6. The SMILES string of the molecule is COc1cccc(C(=O)Oc2cccc(C=NNC(=O)C(=O)Nc3cc(Cl)ccc3OC)c2)c1. The van der Waals surface area contributed by atoms with E-state index in [0.29, 0.717) is 27.6 Å². The summed E-state index contributed by atoms with van der Waals surface area (Å²) < 4.78 is 15.6. The molecule has 0 fully saturated rings. The largest absolute Gasteiger partial charge is 0.497 e. The third-order valence-electron chi connectivity index (χ3n) is 4.37. The van der Waals surface area contributed by atoms with Crippen LogP contribution in [0.25, 0.3) is 0 Å². The quantitative estimate of drug-likeness (QED) is 0.175. The van der Waals surface area contributed by atoms with Crippen LogP contribution in [0.3, 0.4) is 0 Å². The second-order valence-electron chi connectivity index (χ2n) is 6.69. The van der Waals surface area contributed by atoms with Crippen molar-refractivity contribution < 1.29 is 28.6 Å². The number of nitrogens with zero attached hydrogens (tertiary/aromatic N) is 1. The first-order valence-electron chi connectivity index (χ1n) is 9.84. The summed E-state index contributed by atoms with van der Waals surface area (Å²) in [6.07, 6.45) is 1.30. The normalized spacial score (nSPS) is 10.4. The molecule has 0 atom stereocenters. The lowest BCUT2D eigenvalue weighted by Crippen LogP contribution is -2.32. The van der Waals surface area contributed by atoms with Crippen molar-refractivity contribution in [2.24, 2.45) is 5.10 Å². The van der Waals surface area contributed by atoms with Gasteiger partial charge in [-0.3, -0.25) is 9.59 Å². The second-order valence-corrected chi connectivity index (χ2v) is 7.13. The smallest absolute Gasteiger partial charge is 0.343 e. The van der Waals surface area contributed by atoms with Crippen molar-refractivity contribution in [2.75, 3.05) is 19.5 Å². The molecule has 2 N–H and O–H groups in total. The summed E-state index contributed by atoms with van der Waals surface area (Å²) in [5.41, 5.74) is 3.21. The molecule has 0 saturated carbocycles. The molecule has 0 aliphatic heterocycles. The van der Waals surface area contributed by atoms with Crippen LogP contribution >= 0.6 is 11.6 Å². The summed E-state index contributed by atoms with van der Waals surface area (Å²) in [5.74, 6) is -1.38. The zero-order chi connectivity index (χ0) is 24.5. The average molecular weight is 482 g/mol. The first-order chi connectivity index (χ1) is 16.4. The highest BCUT2D eigenvalue weighted by Gasteiger charge is 2.16. The van der Waals surface area contributed by atoms with Crippen molar-refractivity contribution in [2.45, 2.75) is 0 Å². The van der Waals surface area contributed by atoms with Crippen molar-refractivity contribution in [1.29, 1.82) is 0 Å². The molecular formula is C24H20ClN3O6. The number of carbonyl (C=O) groups is 3. The zero-order valence-electron chi connectivity index (χ0n) is 18.2. The maximum absolute atomic E-state index is 12.4. The highest BCUT2D eigenvalue weighted by Crippen LogP contribution is 2.27. The average Bonchev–Trinajstić information content (AvgIpc) is 2.84. The van der Waals surface area contributed by atoms with Crippen molar-refractivity contribution in [1.82, 2.24) is 5.43 Å². The van der Waals surface area contributed by atoms with Gasteiger partial charge in [0.25, 0.3) is 0 Å². The van der Waals surface area contributed by atoms with Crippen LogP contribution in [0.1, 0.15) is 15.9 Å². The van der Waals surface area contributed by atoms with E-state index < -0.39 is 17.8 Å². The topological polar surface area (TPSA) is 115 Å². The Morgan fingerprint density at radius 2 is 1.65 bits per heavy atom. The molecule has 9 nitrogen and oxygen atoms in total. The highest BCUT2D eigenvalue weighted by atomic mass is 35.5. The first-order valence-corrected chi connectivity index (χ1v) is 10.2. The van der Waals surface area contributed by atoms with E-state index in [1.807, 2.05) is 0 Å². The number of nitrogens with one attached hydrogen (secondary N) is 2. The Balaban J connectivity index is 1.59. The van der Waals surface area contributed by atoms with Gasteiger partial charge in [-0.1, -0.05) is 29.8 Å². The predicted molar refractivity (Wildman–Crippen MR) is 127 cm³/mol. The van der Waals surface area contributed by atoms with Gasteiger partial charge in [-0.2, -0.15) is 5.10 Å². The fourth-order valence-electron chi connectivity index (χ4n) is 2.75. The summed E-state index contributed by atoms with van der Waals surface area (Å²) in [6.45, 7) is 0. The molecule has 0 heterocycles. The predicted octanol–water partition coefficient (Wildman–Crippen LogP) is 3.67. The number of rotatable bonds is 7. The van der Waals surface area contributed by atoms with Crippen LogP contribution in [0, 0.1) is 0 Å². The maximum Gasteiger partial charge on any atom is 0.343 e. The summed E-state index contributed by atoms with van der Waals surface area (Å²) in [4.78, 5) is 36.5. The molecule has 10 heteroatoms. The lowest BCUT2D eigenvalue weighted by Gasteiger charge is -2.09. The number of anilines is 1. The number of esters is 1. The van der Waals surface area contributed by atoms with Crippen molar-refractivity contribution >= 4 is 41.3 Å².